The standard InChI is InChI=1S/C26H28N2O4/c29-26(28-32-25-15-6-7-17-31-25)23-13-4-5-14-24(23)27-21-11-8-12-22(19-21)30-18-16-20-9-2-1-3-10-20/h1-5,8-14,19,25,27H,6-7,15-18H2,(H,28,29). The van der Waals surface area contributed by atoms with Crippen molar-refractivity contribution in [3.05, 3.63) is 90.0 Å². The van der Waals surface area contributed by atoms with E-state index in [1.165, 1.54) is 5.56 Å². The third kappa shape index (κ3) is 6.33. The molecular formula is C26H28N2O4. The quantitative estimate of drug-likeness (QED) is 0.453. The number of anilines is 2. The highest BCUT2D eigenvalue weighted by Gasteiger charge is 2.17. The van der Waals surface area contributed by atoms with Crippen molar-refractivity contribution in [3.63, 3.8) is 0 Å². The lowest BCUT2D eigenvalue weighted by molar-refractivity contribution is -0.186. The third-order valence-corrected chi connectivity index (χ3v) is 5.21. The first kappa shape index (κ1) is 21.9. The molecule has 6 heteroatoms. The highest BCUT2D eigenvalue weighted by molar-refractivity contribution is 5.99. The molecular weight excluding hydrogens is 404 g/mol. The largest absolute Gasteiger partial charge is 0.493 e. The Morgan fingerprint density at radius 1 is 0.969 bits per heavy atom. The summed E-state index contributed by atoms with van der Waals surface area (Å²) in [4.78, 5) is 18.1. The van der Waals surface area contributed by atoms with Crippen LogP contribution in [0.25, 0.3) is 0 Å². The molecule has 32 heavy (non-hydrogen) atoms. The Bertz CT molecular complexity index is 1000. The molecule has 0 spiro atoms. The zero-order valence-electron chi connectivity index (χ0n) is 18.0. The van der Waals surface area contributed by atoms with Crippen molar-refractivity contribution in [1.29, 1.82) is 0 Å². The van der Waals surface area contributed by atoms with Gasteiger partial charge in [-0.2, -0.15) is 0 Å². The van der Waals surface area contributed by atoms with Crippen molar-refractivity contribution in [2.24, 2.45) is 0 Å². The van der Waals surface area contributed by atoms with Crippen molar-refractivity contribution < 1.29 is 19.1 Å². The summed E-state index contributed by atoms with van der Waals surface area (Å²) in [7, 11) is 0. The van der Waals surface area contributed by atoms with Crippen LogP contribution in [0.5, 0.6) is 5.75 Å². The molecule has 2 N–H and O–H groups in total. The van der Waals surface area contributed by atoms with Gasteiger partial charge in [-0.1, -0.05) is 48.5 Å². The third-order valence-electron chi connectivity index (χ3n) is 5.21. The van der Waals surface area contributed by atoms with Crippen LogP contribution in [0, 0.1) is 0 Å². The maximum absolute atomic E-state index is 12.7. The molecule has 0 aliphatic carbocycles. The molecule has 1 fully saturated rings. The van der Waals surface area contributed by atoms with Gasteiger partial charge in [-0.15, -0.1) is 0 Å². The summed E-state index contributed by atoms with van der Waals surface area (Å²) in [5.74, 6) is 0.447. The molecule has 6 nitrogen and oxygen atoms in total. The van der Waals surface area contributed by atoms with Gasteiger partial charge in [0.1, 0.15) is 5.75 Å². The summed E-state index contributed by atoms with van der Waals surface area (Å²) < 4.78 is 11.4. The van der Waals surface area contributed by atoms with E-state index in [9.17, 15) is 4.79 Å². The molecule has 1 atom stereocenters. The predicted octanol–water partition coefficient (Wildman–Crippen LogP) is 5.24. The van der Waals surface area contributed by atoms with Crippen LogP contribution in [0.1, 0.15) is 35.2 Å². The van der Waals surface area contributed by atoms with E-state index in [0.717, 1.165) is 37.1 Å². The Morgan fingerprint density at radius 2 is 1.81 bits per heavy atom. The fourth-order valence-electron chi connectivity index (χ4n) is 3.52. The summed E-state index contributed by atoms with van der Waals surface area (Å²) >= 11 is 0. The van der Waals surface area contributed by atoms with Gasteiger partial charge in [0.2, 0.25) is 0 Å². The molecule has 0 saturated carbocycles. The Hall–Kier alpha value is -3.35. The van der Waals surface area contributed by atoms with Crippen molar-refractivity contribution in [2.75, 3.05) is 18.5 Å². The van der Waals surface area contributed by atoms with Gasteiger partial charge in [0.15, 0.2) is 6.29 Å². The van der Waals surface area contributed by atoms with Crippen molar-refractivity contribution in [2.45, 2.75) is 32.0 Å². The molecule has 0 bridgehead atoms. The van der Waals surface area contributed by atoms with Gasteiger partial charge in [-0.3, -0.25) is 4.79 Å². The van der Waals surface area contributed by atoms with E-state index in [1.807, 2.05) is 60.7 Å². The lowest BCUT2D eigenvalue weighted by Crippen LogP contribution is -2.33. The maximum atomic E-state index is 12.7. The number of rotatable bonds is 9. The summed E-state index contributed by atoms with van der Waals surface area (Å²) in [6, 6.07) is 25.3. The molecule has 0 radical (unpaired) electrons. The molecule has 1 amide bonds. The second kappa shape index (κ2) is 11.3. The topological polar surface area (TPSA) is 68.8 Å². The van der Waals surface area contributed by atoms with E-state index in [-0.39, 0.29) is 5.91 Å². The number of nitrogens with one attached hydrogen (secondary N) is 2. The minimum atomic E-state index is -0.391. The highest BCUT2D eigenvalue weighted by Crippen LogP contribution is 2.24. The maximum Gasteiger partial charge on any atom is 0.277 e. The normalized spacial score (nSPS) is 15.7. The zero-order valence-corrected chi connectivity index (χ0v) is 18.0. The minimum absolute atomic E-state index is 0.322. The number of ether oxygens (including phenoxy) is 2. The van der Waals surface area contributed by atoms with Crippen LogP contribution in [0.2, 0.25) is 0 Å². The molecule has 1 unspecified atom stereocenters. The summed E-state index contributed by atoms with van der Waals surface area (Å²) in [5.41, 5.74) is 5.76. The number of hydroxylamine groups is 1. The fraction of sp³-hybridized carbons (Fsp3) is 0.269. The second-order valence-corrected chi connectivity index (χ2v) is 7.63. The molecule has 1 aliphatic rings. The van der Waals surface area contributed by atoms with E-state index in [2.05, 4.69) is 22.9 Å². The lowest BCUT2D eigenvalue weighted by Gasteiger charge is -2.22. The molecule has 1 aliphatic heterocycles. The lowest BCUT2D eigenvalue weighted by atomic mass is 10.1. The van der Waals surface area contributed by atoms with Gasteiger partial charge < -0.3 is 14.8 Å². The van der Waals surface area contributed by atoms with Crippen LogP contribution in [-0.4, -0.2) is 25.4 Å². The first-order valence-electron chi connectivity index (χ1n) is 11.0. The zero-order chi connectivity index (χ0) is 22.0. The Labute approximate surface area is 188 Å². The molecule has 3 aromatic rings. The van der Waals surface area contributed by atoms with Crippen LogP contribution >= 0.6 is 0 Å². The Balaban J connectivity index is 1.35. The van der Waals surface area contributed by atoms with E-state index in [1.54, 1.807) is 6.07 Å². The van der Waals surface area contributed by atoms with Crippen molar-refractivity contribution in [1.82, 2.24) is 5.48 Å². The molecule has 1 heterocycles. The minimum Gasteiger partial charge on any atom is -0.493 e. The van der Waals surface area contributed by atoms with Gasteiger partial charge >= 0.3 is 0 Å². The molecule has 166 valence electrons. The molecule has 4 rings (SSSR count). The second-order valence-electron chi connectivity index (χ2n) is 7.63. The molecule has 0 aromatic heterocycles. The van der Waals surface area contributed by atoms with Crippen LogP contribution in [0.15, 0.2) is 78.9 Å². The van der Waals surface area contributed by atoms with Crippen LogP contribution in [0.3, 0.4) is 0 Å². The van der Waals surface area contributed by atoms with E-state index in [4.69, 9.17) is 14.3 Å². The molecule has 1 saturated heterocycles. The van der Waals surface area contributed by atoms with Crippen molar-refractivity contribution in [3.8, 4) is 5.75 Å². The van der Waals surface area contributed by atoms with E-state index < -0.39 is 6.29 Å². The highest BCUT2D eigenvalue weighted by atomic mass is 16.8. The number of para-hydroxylation sites is 1. The van der Waals surface area contributed by atoms with Gasteiger partial charge in [0, 0.05) is 31.2 Å². The number of amides is 1. The summed E-state index contributed by atoms with van der Waals surface area (Å²) in [5, 5.41) is 3.31. The van der Waals surface area contributed by atoms with Crippen molar-refractivity contribution >= 4 is 17.3 Å². The van der Waals surface area contributed by atoms with Gasteiger partial charge in [-0.25, -0.2) is 10.3 Å². The number of hydrogen-bond donors (Lipinski definition) is 2. The molecule has 3 aromatic carbocycles. The van der Waals surface area contributed by atoms with E-state index in [0.29, 0.717) is 24.5 Å². The van der Waals surface area contributed by atoms with Crippen LogP contribution in [0.4, 0.5) is 11.4 Å². The number of hydrogen-bond acceptors (Lipinski definition) is 5. The number of carbonyl (C=O) groups is 1. The monoisotopic (exact) mass is 432 g/mol. The van der Waals surface area contributed by atoms with Gasteiger partial charge in [0.05, 0.1) is 17.9 Å². The Morgan fingerprint density at radius 3 is 2.66 bits per heavy atom. The predicted molar refractivity (Wildman–Crippen MR) is 124 cm³/mol. The number of benzene rings is 3. The fourth-order valence-corrected chi connectivity index (χ4v) is 3.52. The number of carbonyl (C=O) groups excluding carboxylic acids is 1. The average molecular weight is 433 g/mol. The van der Waals surface area contributed by atoms with E-state index >= 15 is 0 Å². The average Bonchev–Trinajstić information content (AvgIpc) is 2.84. The van der Waals surface area contributed by atoms with Crippen LogP contribution in [-0.2, 0) is 16.0 Å². The van der Waals surface area contributed by atoms with Gasteiger partial charge in [0.25, 0.3) is 5.91 Å². The van der Waals surface area contributed by atoms with Gasteiger partial charge in [-0.05, 0) is 42.7 Å². The Kier molecular flexibility index (Phi) is 7.74. The SMILES string of the molecule is O=C(NOC1CCCCO1)c1ccccc1Nc1cccc(OCCc2ccccc2)c1. The first-order valence-corrected chi connectivity index (χ1v) is 11.0. The smallest absolute Gasteiger partial charge is 0.277 e. The summed E-state index contributed by atoms with van der Waals surface area (Å²) in [6.45, 7) is 1.25. The van der Waals surface area contributed by atoms with Crippen LogP contribution < -0.4 is 15.5 Å². The first-order chi connectivity index (χ1) is 15.8. The summed E-state index contributed by atoms with van der Waals surface area (Å²) in [6.07, 6.45) is 3.28.